The van der Waals surface area contributed by atoms with E-state index >= 15 is 0 Å². The van der Waals surface area contributed by atoms with Crippen molar-refractivity contribution in [1.82, 2.24) is 15.1 Å². The second kappa shape index (κ2) is 8.20. The average Bonchev–Trinajstić information content (AvgIpc) is 2.66. The number of carbonyl (C=O) groups excluding carboxylic acids is 2. The Labute approximate surface area is 113 Å². The maximum absolute atomic E-state index is 11.3. The minimum atomic E-state index is -0.306. The number of hydrogen-bond donors (Lipinski definition) is 2. The molecule has 0 aliphatic heterocycles. The van der Waals surface area contributed by atoms with Gasteiger partial charge in [-0.2, -0.15) is 9.78 Å². The van der Waals surface area contributed by atoms with Crippen LogP contribution < -0.4 is 5.32 Å². The first-order valence-corrected chi connectivity index (χ1v) is 5.88. The first-order chi connectivity index (χ1) is 8.79. The van der Waals surface area contributed by atoms with Crippen molar-refractivity contribution in [2.24, 2.45) is 0 Å². The van der Waals surface area contributed by atoms with Crippen LogP contribution in [0.25, 0.3) is 0 Å². The molecule has 0 unspecified atom stereocenters. The van der Waals surface area contributed by atoms with Gasteiger partial charge in [-0.05, 0) is 39.3 Å². The number of hydrogen-bond acceptors (Lipinski definition) is 4. The first-order valence-electron chi connectivity index (χ1n) is 5.88. The number of carbonyl (C=O) groups is 2. The highest BCUT2D eigenvalue weighted by Gasteiger charge is 2.07. The van der Waals surface area contributed by atoms with Crippen molar-refractivity contribution in [2.75, 3.05) is 13.2 Å². The first kappa shape index (κ1) is 17.1. The highest BCUT2D eigenvalue weighted by Crippen LogP contribution is 2.00. The Hall–Kier alpha value is -1.95. The molecule has 0 aromatic carbocycles. The molecule has 0 bridgehead atoms. The number of ketones is 1. The molecule has 0 aliphatic rings. The van der Waals surface area contributed by atoms with E-state index in [1.807, 2.05) is 13.0 Å². The molecule has 1 aromatic rings. The van der Waals surface area contributed by atoms with E-state index in [-0.39, 0.29) is 25.0 Å². The summed E-state index contributed by atoms with van der Waals surface area (Å²) in [5, 5.41) is 15.0. The van der Waals surface area contributed by atoms with Crippen LogP contribution in [0.4, 0.5) is 4.79 Å². The highest BCUT2D eigenvalue weighted by molar-refractivity contribution is 5.91. The third-order valence-electron chi connectivity index (χ3n) is 2.19. The minimum Gasteiger partial charge on any atom is -0.395 e. The van der Waals surface area contributed by atoms with Gasteiger partial charge in [0.05, 0.1) is 12.3 Å². The number of nitrogens with zero attached hydrogens (tertiary/aromatic N) is 2. The Morgan fingerprint density at radius 3 is 2.26 bits per heavy atom. The van der Waals surface area contributed by atoms with Gasteiger partial charge in [0.1, 0.15) is 0 Å². The van der Waals surface area contributed by atoms with Gasteiger partial charge in [0, 0.05) is 12.2 Å². The van der Waals surface area contributed by atoms with E-state index in [9.17, 15) is 9.59 Å². The van der Waals surface area contributed by atoms with Crippen LogP contribution in [-0.4, -0.2) is 39.9 Å². The molecule has 0 aliphatic carbocycles. The summed E-state index contributed by atoms with van der Waals surface area (Å²) in [4.78, 5) is 21.4. The maximum Gasteiger partial charge on any atom is 0.342 e. The second-order valence-corrected chi connectivity index (χ2v) is 4.13. The van der Waals surface area contributed by atoms with Crippen LogP contribution in [0.5, 0.6) is 0 Å². The number of allylic oxidation sites excluding steroid dienone is 1. The molecule has 0 fully saturated rings. The zero-order valence-electron chi connectivity index (χ0n) is 11.9. The van der Waals surface area contributed by atoms with Crippen molar-refractivity contribution >= 4 is 11.8 Å². The van der Waals surface area contributed by atoms with Gasteiger partial charge in [0.25, 0.3) is 0 Å². The summed E-state index contributed by atoms with van der Waals surface area (Å²) >= 11 is 0. The SMILES string of the molecule is C=C(C)C(C)=O.Cc1cc(C)n(C(=O)NCCO)n1. The van der Waals surface area contributed by atoms with Crippen molar-refractivity contribution in [2.45, 2.75) is 27.7 Å². The fourth-order valence-corrected chi connectivity index (χ4v) is 1.07. The van der Waals surface area contributed by atoms with Gasteiger partial charge in [-0.15, -0.1) is 0 Å². The van der Waals surface area contributed by atoms with Gasteiger partial charge in [-0.1, -0.05) is 6.58 Å². The summed E-state index contributed by atoms with van der Waals surface area (Å²) in [5.74, 6) is 0.0648. The summed E-state index contributed by atoms with van der Waals surface area (Å²) in [7, 11) is 0. The van der Waals surface area contributed by atoms with E-state index in [1.165, 1.54) is 11.6 Å². The van der Waals surface area contributed by atoms with Crippen molar-refractivity contribution in [3.05, 3.63) is 29.6 Å². The lowest BCUT2D eigenvalue weighted by atomic mass is 10.3. The quantitative estimate of drug-likeness (QED) is 0.806. The van der Waals surface area contributed by atoms with Crippen LogP contribution in [0, 0.1) is 13.8 Å². The fourth-order valence-electron chi connectivity index (χ4n) is 1.07. The third-order valence-corrected chi connectivity index (χ3v) is 2.19. The Morgan fingerprint density at radius 2 is 1.95 bits per heavy atom. The van der Waals surface area contributed by atoms with Gasteiger partial charge in [0.15, 0.2) is 5.78 Å². The van der Waals surface area contributed by atoms with Crippen LogP contribution in [0.15, 0.2) is 18.2 Å². The zero-order chi connectivity index (χ0) is 15.0. The minimum absolute atomic E-state index is 0.0644. The fraction of sp³-hybridized carbons (Fsp3) is 0.462. The van der Waals surface area contributed by atoms with Crippen molar-refractivity contribution in [1.29, 1.82) is 0 Å². The molecule has 6 heteroatoms. The summed E-state index contributed by atoms with van der Waals surface area (Å²) in [6.45, 7) is 10.4. The summed E-state index contributed by atoms with van der Waals surface area (Å²) < 4.78 is 1.28. The molecule has 1 rings (SSSR count). The molecule has 0 radical (unpaired) electrons. The molecule has 0 saturated carbocycles. The molecule has 2 N–H and O–H groups in total. The molecule has 1 heterocycles. The Morgan fingerprint density at radius 1 is 1.42 bits per heavy atom. The van der Waals surface area contributed by atoms with Crippen molar-refractivity contribution in [3.8, 4) is 0 Å². The molecular formula is C13H21N3O3. The number of nitrogens with one attached hydrogen (secondary N) is 1. The molecule has 106 valence electrons. The lowest BCUT2D eigenvalue weighted by Gasteiger charge is -2.03. The second-order valence-electron chi connectivity index (χ2n) is 4.13. The highest BCUT2D eigenvalue weighted by atomic mass is 16.3. The van der Waals surface area contributed by atoms with Gasteiger partial charge >= 0.3 is 6.03 Å². The van der Waals surface area contributed by atoms with Gasteiger partial charge in [0.2, 0.25) is 0 Å². The molecule has 1 aromatic heterocycles. The van der Waals surface area contributed by atoms with Gasteiger partial charge in [-0.3, -0.25) is 4.79 Å². The van der Waals surface area contributed by atoms with Gasteiger partial charge < -0.3 is 10.4 Å². The van der Waals surface area contributed by atoms with E-state index in [0.29, 0.717) is 5.57 Å². The zero-order valence-corrected chi connectivity index (χ0v) is 11.9. The van der Waals surface area contributed by atoms with Crippen LogP contribution in [0.1, 0.15) is 25.2 Å². The molecular weight excluding hydrogens is 246 g/mol. The largest absolute Gasteiger partial charge is 0.395 e. The summed E-state index contributed by atoms with van der Waals surface area (Å²) in [6.07, 6.45) is 0. The number of aryl methyl sites for hydroxylation is 2. The normalized spacial score (nSPS) is 9.32. The lowest BCUT2D eigenvalue weighted by Crippen LogP contribution is -2.32. The molecule has 0 spiro atoms. The van der Waals surface area contributed by atoms with E-state index in [1.54, 1.807) is 13.8 Å². The lowest BCUT2D eigenvalue weighted by molar-refractivity contribution is -0.113. The third kappa shape index (κ3) is 6.52. The summed E-state index contributed by atoms with van der Waals surface area (Å²) in [6, 6.07) is 1.51. The number of aromatic nitrogens is 2. The average molecular weight is 267 g/mol. The number of aliphatic hydroxyl groups is 1. The van der Waals surface area contributed by atoms with Crippen LogP contribution in [0.2, 0.25) is 0 Å². The molecule has 19 heavy (non-hydrogen) atoms. The Bertz CT molecular complexity index is 452. The Balaban J connectivity index is 0.000000459. The number of rotatable bonds is 3. The predicted octanol–water partition coefficient (Wildman–Crippen LogP) is 1.20. The molecule has 0 saturated heterocycles. The monoisotopic (exact) mass is 267 g/mol. The van der Waals surface area contributed by atoms with Crippen molar-refractivity contribution < 1.29 is 14.7 Å². The van der Waals surface area contributed by atoms with Crippen LogP contribution >= 0.6 is 0 Å². The topological polar surface area (TPSA) is 84.2 Å². The van der Waals surface area contributed by atoms with Gasteiger partial charge in [-0.25, -0.2) is 4.79 Å². The van der Waals surface area contributed by atoms with Crippen LogP contribution in [0.3, 0.4) is 0 Å². The van der Waals surface area contributed by atoms with E-state index in [2.05, 4.69) is 17.0 Å². The van der Waals surface area contributed by atoms with Crippen LogP contribution in [-0.2, 0) is 4.79 Å². The van der Waals surface area contributed by atoms with E-state index in [4.69, 9.17) is 5.11 Å². The van der Waals surface area contributed by atoms with E-state index < -0.39 is 0 Å². The smallest absolute Gasteiger partial charge is 0.342 e. The molecule has 1 amide bonds. The standard InChI is InChI=1S/C8H13N3O2.C5H8O/c1-6-5-7(2)11(10-6)8(13)9-3-4-12;1-4(2)5(3)6/h5,12H,3-4H2,1-2H3,(H,9,13);1H2,2-3H3. The summed E-state index contributed by atoms with van der Waals surface area (Å²) in [5.41, 5.74) is 2.21. The van der Waals surface area contributed by atoms with E-state index in [0.717, 1.165) is 11.4 Å². The Kier molecular flexibility index (Phi) is 7.36. The predicted molar refractivity (Wildman–Crippen MR) is 73.1 cm³/mol. The molecule has 0 atom stereocenters. The molecule has 6 nitrogen and oxygen atoms in total. The maximum atomic E-state index is 11.3. The number of aliphatic hydroxyl groups excluding tert-OH is 1. The number of amides is 1. The van der Waals surface area contributed by atoms with Crippen molar-refractivity contribution in [3.63, 3.8) is 0 Å². The number of Topliss-reactive ketones (excluding diaryl/α,β-unsaturated/α-hetero) is 1.